The molecule has 0 spiro atoms. The van der Waals surface area contributed by atoms with E-state index >= 15 is 0 Å². The number of nitrogen functional groups attached to an aromatic ring is 1. The Bertz CT molecular complexity index is 818. The second-order valence-electron chi connectivity index (χ2n) is 6.65. The van der Waals surface area contributed by atoms with Crippen molar-refractivity contribution in [3.63, 3.8) is 0 Å². The second kappa shape index (κ2) is 9.07. The zero-order valence-electron chi connectivity index (χ0n) is 16.2. The van der Waals surface area contributed by atoms with Gasteiger partial charge in [0.15, 0.2) is 0 Å². The van der Waals surface area contributed by atoms with Crippen LogP contribution in [0.2, 0.25) is 0 Å². The average molecular weight is 369 g/mol. The highest BCUT2D eigenvalue weighted by atomic mass is 16.5. The van der Waals surface area contributed by atoms with Crippen LogP contribution in [0.25, 0.3) is 0 Å². The number of hydrogen-bond acceptors (Lipinski definition) is 4. The smallest absolute Gasteiger partial charge is 0.255 e. The summed E-state index contributed by atoms with van der Waals surface area (Å²) in [6.07, 6.45) is 0. The zero-order valence-corrected chi connectivity index (χ0v) is 16.2. The van der Waals surface area contributed by atoms with Gasteiger partial charge in [-0.2, -0.15) is 0 Å². The molecule has 6 heteroatoms. The van der Waals surface area contributed by atoms with Crippen LogP contribution >= 0.6 is 0 Å². The van der Waals surface area contributed by atoms with E-state index in [4.69, 9.17) is 10.5 Å². The van der Waals surface area contributed by atoms with Gasteiger partial charge in [-0.15, -0.1) is 0 Å². The molecule has 0 radical (unpaired) electrons. The lowest BCUT2D eigenvalue weighted by molar-refractivity contribution is -0.118. The molecule has 0 saturated heterocycles. The molecule has 0 aliphatic heterocycles. The van der Waals surface area contributed by atoms with Crippen molar-refractivity contribution in [2.45, 2.75) is 33.7 Å². The summed E-state index contributed by atoms with van der Waals surface area (Å²) in [6, 6.07) is 12.2. The predicted molar refractivity (Wildman–Crippen MR) is 108 cm³/mol. The molecule has 1 atom stereocenters. The quantitative estimate of drug-likeness (QED) is 0.648. The van der Waals surface area contributed by atoms with Gasteiger partial charge in [0.25, 0.3) is 5.91 Å². The maximum atomic E-state index is 12.8. The van der Waals surface area contributed by atoms with Gasteiger partial charge in [0.1, 0.15) is 5.75 Å². The number of hydrogen-bond donors (Lipinski definition) is 3. The first kappa shape index (κ1) is 20.3. The van der Waals surface area contributed by atoms with Crippen molar-refractivity contribution in [3.05, 3.63) is 53.6 Å². The number of ether oxygens (including phenoxy) is 1. The molecule has 0 bridgehead atoms. The monoisotopic (exact) mass is 369 g/mol. The van der Waals surface area contributed by atoms with Crippen LogP contribution in [0, 0.1) is 5.92 Å². The van der Waals surface area contributed by atoms with E-state index in [1.54, 1.807) is 24.3 Å². The summed E-state index contributed by atoms with van der Waals surface area (Å²) in [4.78, 5) is 24.8. The van der Waals surface area contributed by atoms with Gasteiger partial charge < -0.3 is 21.1 Å². The standard InChI is InChI=1S/C21H27N3O3/c1-5-27-19-10-9-17(24-20(25)13(2)3)12-18(19)21(26)23-14(4)15-7-6-8-16(22)11-15/h6-14H,5,22H2,1-4H3,(H,23,26)(H,24,25). The Morgan fingerprint density at radius 3 is 2.48 bits per heavy atom. The van der Waals surface area contributed by atoms with Crippen LogP contribution in [0.3, 0.4) is 0 Å². The van der Waals surface area contributed by atoms with E-state index in [-0.39, 0.29) is 23.8 Å². The normalized spacial score (nSPS) is 11.7. The van der Waals surface area contributed by atoms with E-state index in [1.807, 2.05) is 45.9 Å². The summed E-state index contributed by atoms with van der Waals surface area (Å²) in [5.41, 5.74) is 8.29. The molecule has 2 aromatic carbocycles. The molecule has 1 unspecified atom stereocenters. The molecule has 144 valence electrons. The summed E-state index contributed by atoms with van der Waals surface area (Å²) in [5.74, 6) is -0.0811. The molecule has 0 aromatic heterocycles. The van der Waals surface area contributed by atoms with Gasteiger partial charge in [0.2, 0.25) is 5.91 Å². The van der Waals surface area contributed by atoms with Crippen LogP contribution < -0.4 is 21.1 Å². The number of carbonyl (C=O) groups is 2. The first-order valence-corrected chi connectivity index (χ1v) is 9.05. The number of nitrogens with one attached hydrogen (secondary N) is 2. The van der Waals surface area contributed by atoms with E-state index < -0.39 is 0 Å². The Labute approximate surface area is 160 Å². The topological polar surface area (TPSA) is 93.4 Å². The van der Waals surface area contributed by atoms with E-state index in [2.05, 4.69) is 10.6 Å². The fourth-order valence-electron chi connectivity index (χ4n) is 2.54. The first-order chi connectivity index (χ1) is 12.8. The number of anilines is 2. The molecule has 0 aliphatic carbocycles. The van der Waals surface area contributed by atoms with Crippen LogP contribution in [0.1, 0.15) is 49.7 Å². The minimum Gasteiger partial charge on any atom is -0.493 e. The number of benzene rings is 2. The first-order valence-electron chi connectivity index (χ1n) is 9.05. The van der Waals surface area contributed by atoms with Crippen molar-refractivity contribution in [2.24, 2.45) is 5.92 Å². The summed E-state index contributed by atoms with van der Waals surface area (Å²) in [5, 5.41) is 5.76. The Morgan fingerprint density at radius 2 is 1.85 bits per heavy atom. The highest BCUT2D eigenvalue weighted by Crippen LogP contribution is 2.25. The van der Waals surface area contributed by atoms with E-state index in [9.17, 15) is 9.59 Å². The Kier molecular flexibility index (Phi) is 6.82. The molecule has 2 amide bonds. The fourth-order valence-corrected chi connectivity index (χ4v) is 2.54. The third-order valence-electron chi connectivity index (χ3n) is 4.07. The minimum atomic E-state index is -0.283. The van der Waals surface area contributed by atoms with E-state index in [0.717, 1.165) is 5.56 Å². The number of rotatable bonds is 7. The van der Waals surface area contributed by atoms with Gasteiger partial charge in [-0.25, -0.2) is 0 Å². The van der Waals surface area contributed by atoms with Gasteiger partial charge in [-0.1, -0.05) is 26.0 Å². The van der Waals surface area contributed by atoms with E-state index in [1.165, 1.54) is 0 Å². The highest BCUT2D eigenvalue weighted by molar-refractivity contribution is 6.00. The zero-order chi connectivity index (χ0) is 20.0. The summed E-state index contributed by atoms with van der Waals surface area (Å²) >= 11 is 0. The molecule has 0 aliphatic rings. The fraction of sp³-hybridized carbons (Fsp3) is 0.333. The Balaban J connectivity index is 2.24. The lowest BCUT2D eigenvalue weighted by Crippen LogP contribution is -2.27. The van der Waals surface area contributed by atoms with Gasteiger partial charge in [0.05, 0.1) is 18.2 Å². The van der Waals surface area contributed by atoms with Crippen LogP contribution in [0.5, 0.6) is 5.75 Å². The second-order valence-corrected chi connectivity index (χ2v) is 6.65. The van der Waals surface area contributed by atoms with E-state index in [0.29, 0.717) is 29.3 Å². The lowest BCUT2D eigenvalue weighted by atomic mass is 10.1. The minimum absolute atomic E-state index is 0.112. The third-order valence-corrected chi connectivity index (χ3v) is 4.07. The van der Waals surface area contributed by atoms with Crippen LogP contribution in [0.15, 0.2) is 42.5 Å². The van der Waals surface area contributed by atoms with Gasteiger partial charge in [0, 0.05) is 17.3 Å². The third kappa shape index (κ3) is 5.48. The molecule has 6 nitrogen and oxygen atoms in total. The van der Waals surface area contributed by atoms with Crippen molar-refractivity contribution in [2.75, 3.05) is 17.7 Å². The lowest BCUT2D eigenvalue weighted by Gasteiger charge is -2.17. The molecule has 0 saturated carbocycles. The molecule has 2 rings (SSSR count). The summed E-state index contributed by atoms with van der Waals surface area (Å²) in [7, 11) is 0. The number of carbonyl (C=O) groups excluding carboxylic acids is 2. The number of nitrogens with two attached hydrogens (primary N) is 1. The maximum absolute atomic E-state index is 12.8. The van der Waals surface area contributed by atoms with Crippen LogP contribution in [-0.2, 0) is 4.79 Å². The highest BCUT2D eigenvalue weighted by Gasteiger charge is 2.18. The number of amides is 2. The molecule has 4 N–H and O–H groups in total. The summed E-state index contributed by atoms with van der Waals surface area (Å²) in [6.45, 7) is 7.79. The molecule has 0 heterocycles. The largest absolute Gasteiger partial charge is 0.493 e. The van der Waals surface area contributed by atoms with Crippen molar-refractivity contribution in [1.29, 1.82) is 0 Å². The Morgan fingerprint density at radius 1 is 1.11 bits per heavy atom. The predicted octanol–water partition coefficient (Wildman–Crippen LogP) is 3.75. The SMILES string of the molecule is CCOc1ccc(NC(=O)C(C)C)cc1C(=O)NC(C)c1cccc(N)c1. The van der Waals surface area contributed by atoms with Crippen molar-refractivity contribution in [3.8, 4) is 5.75 Å². The average Bonchev–Trinajstić information content (AvgIpc) is 2.62. The van der Waals surface area contributed by atoms with Crippen LogP contribution in [0.4, 0.5) is 11.4 Å². The Hall–Kier alpha value is -3.02. The van der Waals surface area contributed by atoms with Gasteiger partial charge >= 0.3 is 0 Å². The van der Waals surface area contributed by atoms with Gasteiger partial charge in [-0.3, -0.25) is 9.59 Å². The van der Waals surface area contributed by atoms with Crippen molar-refractivity contribution in [1.82, 2.24) is 5.32 Å². The van der Waals surface area contributed by atoms with Crippen LogP contribution in [-0.4, -0.2) is 18.4 Å². The van der Waals surface area contributed by atoms with Crippen molar-refractivity contribution < 1.29 is 14.3 Å². The molecule has 0 fully saturated rings. The summed E-state index contributed by atoms with van der Waals surface area (Å²) < 4.78 is 5.58. The molecule has 27 heavy (non-hydrogen) atoms. The molecule has 2 aromatic rings. The maximum Gasteiger partial charge on any atom is 0.255 e. The van der Waals surface area contributed by atoms with Crippen molar-refractivity contribution >= 4 is 23.2 Å². The molecular formula is C21H27N3O3. The van der Waals surface area contributed by atoms with Gasteiger partial charge in [-0.05, 0) is 49.7 Å². The molecular weight excluding hydrogens is 342 g/mol.